The number of anilines is 2. The smallest absolute Gasteiger partial charge is 0.259 e. The average Bonchev–Trinajstić information content (AvgIpc) is 3.20. The third-order valence-corrected chi connectivity index (χ3v) is 4.40. The summed E-state index contributed by atoms with van der Waals surface area (Å²) in [7, 11) is 3.03. The molecule has 7 nitrogen and oxygen atoms in total. The lowest BCUT2D eigenvalue weighted by molar-refractivity contribution is 0.101. The van der Waals surface area contributed by atoms with Crippen molar-refractivity contribution < 1.29 is 19.1 Å². The first-order valence-electron chi connectivity index (χ1n) is 7.95. The fourth-order valence-corrected chi connectivity index (χ4v) is 2.87. The summed E-state index contributed by atoms with van der Waals surface area (Å²) in [6.45, 7) is 0. The van der Waals surface area contributed by atoms with Gasteiger partial charge >= 0.3 is 0 Å². The molecular weight excluding hydrogens is 366 g/mol. The zero-order valence-corrected chi connectivity index (χ0v) is 15.5. The summed E-state index contributed by atoms with van der Waals surface area (Å²) in [5.74, 6) is 0.416. The van der Waals surface area contributed by atoms with Crippen LogP contribution in [0.2, 0.25) is 0 Å². The van der Waals surface area contributed by atoms with Gasteiger partial charge in [-0.1, -0.05) is 0 Å². The maximum absolute atomic E-state index is 12.5. The van der Waals surface area contributed by atoms with Crippen LogP contribution in [0.15, 0.2) is 54.0 Å². The maximum atomic E-state index is 12.5. The molecule has 3 rings (SSSR count). The van der Waals surface area contributed by atoms with Gasteiger partial charge in [0.2, 0.25) is 0 Å². The van der Waals surface area contributed by atoms with Gasteiger partial charge in [-0.05, 0) is 36.4 Å². The fraction of sp³-hybridized carbons (Fsp3) is 0.105. The highest BCUT2D eigenvalue weighted by molar-refractivity contribution is 7.13. The zero-order chi connectivity index (χ0) is 19.2. The van der Waals surface area contributed by atoms with Crippen molar-refractivity contribution in [2.24, 2.45) is 0 Å². The van der Waals surface area contributed by atoms with Crippen molar-refractivity contribution in [1.29, 1.82) is 0 Å². The van der Waals surface area contributed by atoms with E-state index in [1.165, 1.54) is 18.4 Å². The Hall–Kier alpha value is -3.39. The number of ether oxygens (including phenoxy) is 2. The summed E-state index contributed by atoms with van der Waals surface area (Å²) in [5, 5.41) is 7.79. The summed E-state index contributed by atoms with van der Waals surface area (Å²) in [6, 6.07) is 11.5. The molecule has 138 valence electrons. The van der Waals surface area contributed by atoms with Crippen LogP contribution in [-0.4, -0.2) is 31.0 Å². The molecule has 1 heterocycles. The van der Waals surface area contributed by atoms with Crippen molar-refractivity contribution in [2.75, 3.05) is 24.9 Å². The van der Waals surface area contributed by atoms with Gasteiger partial charge in [-0.3, -0.25) is 14.9 Å². The van der Waals surface area contributed by atoms with E-state index in [1.807, 2.05) is 0 Å². The summed E-state index contributed by atoms with van der Waals surface area (Å²) in [5.41, 5.74) is 1.40. The van der Waals surface area contributed by atoms with Crippen LogP contribution in [0.25, 0.3) is 0 Å². The van der Waals surface area contributed by atoms with Gasteiger partial charge in [0.15, 0.2) is 5.13 Å². The van der Waals surface area contributed by atoms with Crippen LogP contribution >= 0.6 is 11.3 Å². The lowest BCUT2D eigenvalue weighted by Crippen LogP contribution is -2.14. The van der Waals surface area contributed by atoms with Gasteiger partial charge in [-0.2, -0.15) is 0 Å². The number of hydrogen-bond donors (Lipinski definition) is 2. The van der Waals surface area contributed by atoms with Crippen LogP contribution in [-0.2, 0) is 0 Å². The van der Waals surface area contributed by atoms with E-state index in [9.17, 15) is 9.59 Å². The summed E-state index contributed by atoms with van der Waals surface area (Å²) >= 11 is 1.34. The van der Waals surface area contributed by atoms with Crippen molar-refractivity contribution in [3.8, 4) is 11.5 Å². The van der Waals surface area contributed by atoms with Gasteiger partial charge in [0.25, 0.3) is 11.8 Å². The SMILES string of the molecule is COc1ccc(C(=O)Nc2ccc(C(=O)Nc3nccs3)cc2)c(OC)c1. The summed E-state index contributed by atoms with van der Waals surface area (Å²) in [6.07, 6.45) is 1.62. The first kappa shape index (κ1) is 18.4. The largest absolute Gasteiger partial charge is 0.497 e. The molecular formula is C19H17N3O4S. The number of benzene rings is 2. The standard InChI is InChI=1S/C19H17N3O4S/c1-25-14-7-8-15(16(11-14)26-2)18(24)21-13-5-3-12(4-6-13)17(23)22-19-20-9-10-27-19/h3-11H,1-2H3,(H,21,24)(H,20,22,23). The Morgan fingerprint density at radius 3 is 2.37 bits per heavy atom. The van der Waals surface area contributed by atoms with Crippen LogP contribution < -0.4 is 20.1 Å². The molecule has 0 saturated heterocycles. The topological polar surface area (TPSA) is 89.5 Å². The molecule has 0 aliphatic carbocycles. The molecule has 0 spiro atoms. The molecule has 0 saturated carbocycles. The van der Waals surface area contributed by atoms with Crippen LogP contribution in [0.3, 0.4) is 0 Å². The molecule has 0 atom stereocenters. The second-order valence-electron chi connectivity index (χ2n) is 5.39. The first-order valence-corrected chi connectivity index (χ1v) is 8.83. The molecule has 0 unspecified atom stereocenters. The quantitative estimate of drug-likeness (QED) is 0.678. The number of methoxy groups -OCH3 is 2. The second-order valence-corrected chi connectivity index (χ2v) is 6.28. The normalized spacial score (nSPS) is 10.1. The Balaban J connectivity index is 1.69. The van der Waals surface area contributed by atoms with Crippen molar-refractivity contribution in [3.05, 3.63) is 65.2 Å². The average molecular weight is 383 g/mol. The summed E-state index contributed by atoms with van der Waals surface area (Å²) < 4.78 is 10.4. The van der Waals surface area contributed by atoms with Crippen molar-refractivity contribution >= 4 is 34.0 Å². The van der Waals surface area contributed by atoms with Crippen molar-refractivity contribution in [3.63, 3.8) is 0 Å². The van der Waals surface area contributed by atoms with Crippen LogP contribution in [0.5, 0.6) is 11.5 Å². The molecule has 2 N–H and O–H groups in total. The number of amides is 2. The molecule has 3 aromatic rings. The zero-order valence-electron chi connectivity index (χ0n) is 14.7. The number of aromatic nitrogens is 1. The van der Waals surface area contributed by atoms with E-state index in [-0.39, 0.29) is 11.8 Å². The van der Waals surface area contributed by atoms with E-state index < -0.39 is 0 Å². The number of nitrogens with one attached hydrogen (secondary N) is 2. The van der Waals surface area contributed by atoms with Crippen molar-refractivity contribution in [2.45, 2.75) is 0 Å². The maximum Gasteiger partial charge on any atom is 0.259 e. The molecule has 0 aliphatic heterocycles. The Morgan fingerprint density at radius 1 is 0.963 bits per heavy atom. The Bertz CT molecular complexity index is 940. The number of nitrogens with zero attached hydrogens (tertiary/aromatic N) is 1. The minimum atomic E-state index is -0.325. The predicted molar refractivity (Wildman–Crippen MR) is 104 cm³/mol. The van der Waals surface area contributed by atoms with Crippen LogP contribution in [0, 0.1) is 0 Å². The molecule has 0 aliphatic rings. The highest BCUT2D eigenvalue weighted by atomic mass is 32.1. The molecule has 0 fully saturated rings. The number of carbonyl (C=O) groups is 2. The van der Waals surface area contributed by atoms with Gasteiger partial charge in [0.05, 0.1) is 19.8 Å². The number of carbonyl (C=O) groups excluding carboxylic acids is 2. The van der Waals surface area contributed by atoms with E-state index >= 15 is 0 Å². The highest BCUT2D eigenvalue weighted by Gasteiger charge is 2.14. The molecule has 0 radical (unpaired) electrons. The van der Waals surface area contributed by atoms with Gasteiger partial charge in [-0.25, -0.2) is 4.98 Å². The lowest BCUT2D eigenvalue weighted by Gasteiger charge is -2.11. The monoisotopic (exact) mass is 383 g/mol. The Morgan fingerprint density at radius 2 is 1.74 bits per heavy atom. The molecule has 27 heavy (non-hydrogen) atoms. The van der Waals surface area contributed by atoms with E-state index in [4.69, 9.17) is 9.47 Å². The van der Waals surface area contributed by atoms with Gasteiger partial charge < -0.3 is 14.8 Å². The van der Waals surface area contributed by atoms with E-state index in [0.29, 0.717) is 33.4 Å². The Labute approximate surface area is 160 Å². The van der Waals surface area contributed by atoms with Gasteiger partial charge in [0, 0.05) is 28.9 Å². The molecule has 1 aromatic heterocycles. The van der Waals surface area contributed by atoms with Crippen molar-refractivity contribution in [1.82, 2.24) is 4.98 Å². The van der Waals surface area contributed by atoms with Gasteiger partial charge in [0.1, 0.15) is 11.5 Å². The van der Waals surface area contributed by atoms with Crippen LogP contribution in [0.4, 0.5) is 10.8 Å². The fourth-order valence-electron chi connectivity index (χ4n) is 2.34. The third-order valence-electron chi connectivity index (χ3n) is 3.71. The Kier molecular flexibility index (Phi) is 5.68. The van der Waals surface area contributed by atoms with E-state index in [2.05, 4.69) is 15.6 Å². The van der Waals surface area contributed by atoms with E-state index in [1.54, 1.807) is 61.2 Å². The first-order chi connectivity index (χ1) is 13.1. The van der Waals surface area contributed by atoms with Gasteiger partial charge in [-0.15, -0.1) is 11.3 Å². The predicted octanol–water partition coefficient (Wildman–Crippen LogP) is 3.66. The van der Waals surface area contributed by atoms with E-state index in [0.717, 1.165) is 0 Å². The highest BCUT2D eigenvalue weighted by Crippen LogP contribution is 2.25. The number of thiazole rings is 1. The molecule has 2 amide bonds. The minimum Gasteiger partial charge on any atom is -0.497 e. The minimum absolute atomic E-state index is 0.264. The summed E-state index contributed by atoms with van der Waals surface area (Å²) in [4.78, 5) is 28.7. The number of hydrogen-bond acceptors (Lipinski definition) is 6. The second kappa shape index (κ2) is 8.33. The number of rotatable bonds is 6. The lowest BCUT2D eigenvalue weighted by atomic mass is 10.1. The molecule has 8 heteroatoms. The molecule has 0 bridgehead atoms. The molecule has 2 aromatic carbocycles. The van der Waals surface area contributed by atoms with Crippen LogP contribution in [0.1, 0.15) is 20.7 Å². The third kappa shape index (κ3) is 4.42.